The molecule has 0 fully saturated rings. The lowest BCUT2D eigenvalue weighted by Crippen LogP contribution is -2.06. The number of nitrogens with zero attached hydrogens (tertiary/aromatic N) is 4. The molecule has 0 saturated heterocycles. The van der Waals surface area contributed by atoms with E-state index in [0.29, 0.717) is 28.9 Å². The normalized spacial score (nSPS) is 12.2. The van der Waals surface area contributed by atoms with Crippen LogP contribution in [0.15, 0.2) is 52.0 Å². The average Bonchev–Trinajstić information content (AvgIpc) is 3.52. The summed E-state index contributed by atoms with van der Waals surface area (Å²) in [6.45, 7) is 2.49. The molecule has 0 atom stereocenters. The maximum absolute atomic E-state index is 12.4. The molecule has 0 bridgehead atoms. The highest BCUT2D eigenvalue weighted by atomic mass is 35.5. The van der Waals surface area contributed by atoms with Crippen LogP contribution in [0.4, 0.5) is 10.8 Å². The van der Waals surface area contributed by atoms with Gasteiger partial charge in [-0.25, -0.2) is 0 Å². The van der Waals surface area contributed by atoms with Crippen LogP contribution in [-0.2, 0) is 24.2 Å². The quantitative estimate of drug-likeness (QED) is 0.405. The fourth-order valence-corrected chi connectivity index (χ4v) is 4.58. The number of aryl methyl sites for hydroxylation is 1. The monoisotopic (exact) mass is 463 g/mol. The lowest BCUT2D eigenvalue weighted by atomic mass is 10.0. The number of anilines is 2. The van der Waals surface area contributed by atoms with E-state index in [1.54, 1.807) is 12.3 Å². The third-order valence-corrected chi connectivity index (χ3v) is 6.34. The summed E-state index contributed by atoms with van der Waals surface area (Å²) in [6, 6.07) is 13.5. The van der Waals surface area contributed by atoms with Gasteiger partial charge >= 0.3 is 0 Å². The van der Waals surface area contributed by atoms with Crippen molar-refractivity contribution in [3.63, 3.8) is 0 Å². The first kappa shape index (κ1) is 20.5. The van der Waals surface area contributed by atoms with E-state index in [1.807, 2.05) is 43.3 Å². The molecule has 5 rings (SSSR count). The highest BCUT2D eigenvalue weighted by molar-refractivity contribution is 7.18. The van der Waals surface area contributed by atoms with Gasteiger partial charge in [0, 0.05) is 29.8 Å². The Morgan fingerprint density at radius 3 is 2.94 bits per heavy atom. The van der Waals surface area contributed by atoms with Crippen molar-refractivity contribution in [2.45, 2.75) is 26.3 Å². The molecular formula is C23H18ClN5O2S. The molecule has 9 heteroatoms. The maximum atomic E-state index is 12.4. The number of carbonyl (C=O) groups excluding carboxylic acids is 1. The van der Waals surface area contributed by atoms with Crippen molar-refractivity contribution in [1.29, 1.82) is 0 Å². The first-order valence-electron chi connectivity index (χ1n) is 10.00. The molecule has 32 heavy (non-hydrogen) atoms. The van der Waals surface area contributed by atoms with E-state index >= 15 is 0 Å². The minimum Gasteiger partial charge on any atom is -0.361 e. The number of halogens is 1. The number of aliphatic imine (C=N–C) groups is 1. The third-order valence-electron chi connectivity index (χ3n) is 5.04. The van der Waals surface area contributed by atoms with Gasteiger partial charge in [0.25, 0.3) is 0 Å². The summed E-state index contributed by atoms with van der Waals surface area (Å²) < 4.78 is 5.14. The number of aromatic nitrogens is 3. The van der Waals surface area contributed by atoms with Gasteiger partial charge in [-0.15, -0.1) is 10.2 Å². The van der Waals surface area contributed by atoms with Crippen LogP contribution in [0.25, 0.3) is 10.6 Å². The van der Waals surface area contributed by atoms with Crippen molar-refractivity contribution in [3.8, 4) is 10.6 Å². The second-order valence-electron chi connectivity index (χ2n) is 7.53. The Balaban J connectivity index is 1.29. The largest absolute Gasteiger partial charge is 0.361 e. The average molecular weight is 464 g/mol. The lowest BCUT2D eigenvalue weighted by molar-refractivity contribution is -0.118. The number of ketones is 1. The van der Waals surface area contributed by atoms with E-state index in [0.717, 1.165) is 38.6 Å². The van der Waals surface area contributed by atoms with Gasteiger partial charge in [-0.05, 0) is 30.2 Å². The Morgan fingerprint density at radius 2 is 2.09 bits per heavy atom. The first-order chi connectivity index (χ1) is 15.5. The second-order valence-corrected chi connectivity index (χ2v) is 8.89. The summed E-state index contributed by atoms with van der Waals surface area (Å²) >= 11 is 7.94. The maximum Gasteiger partial charge on any atom is 0.210 e. The molecule has 0 spiro atoms. The predicted octanol–water partition coefficient (Wildman–Crippen LogP) is 5.19. The zero-order valence-electron chi connectivity index (χ0n) is 17.1. The van der Waals surface area contributed by atoms with Crippen molar-refractivity contribution >= 4 is 45.8 Å². The number of fused-ring (bicyclic) bond motifs is 1. The van der Waals surface area contributed by atoms with E-state index in [4.69, 9.17) is 16.1 Å². The minimum atomic E-state index is 0.0627. The van der Waals surface area contributed by atoms with Gasteiger partial charge in [-0.3, -0.25) is 9.79 Å². The Bertz CT molecular complexity index is 1340. The van der Waals surface area contributed by atoms with Crippen LogP contribution in [0, 0.1) is 6.92 Å². The number of rotatable bonds is 7. The molecule has 0 aliphatic carbocycles. The fraction of sp³-hybridized carbons (Fsp3) is 0.174. The molecule has 2 aromatic heterocycles. The molecule has 1 N–H and O–H groups in total. The van der Waals surface area contributed by atoms with E-state index < -0.39 is 0 Å². The zero-order chi connectivity index (χ0) is 22.1. The number of carbonyl (C=O) groups is 1. The molecule has 3 heterocycles. The fourth-order valence-electron chi connectivity index (χ4n) is 3.55. The molecule has 0 unspecified atom stereocenters. The number of benzene rings is 2. The molecule has 0 radical (unpaired) electrons. The second kappa shape index (κ2) is 8.64. The van der Waals surface area contributed by atoms with Crippen LogP contribution in [0.3, 0.4) is 0 Å². The Labute approximate surface area is 193 Å². The topological polar surface area (TPSA) is 93.3 Å². The van der Waals surface area contributed by atoms with E-state index in [2.05, 4.69) is 25.7 Å². The van der Waals surface area contributed by atoms with Crippen molar-refractivity contribution in [2.75, 3.05) is 5.32 Å². The van der Waals surface area contributed by atoms with Gasteiger partial charge < -0.3 is 9.84 Å². The van der Waals surface area contributed by atoms with E-state index in [-0.39, 0.29) is 12.2 Å². The van der Waals surface area contributed by atoms with Crippen molar-refractivity contribution in [3.05, 3.63) is 75.6 Å². The highest BCUT2D eigenvalue weighted by Crippen LogP contribution is 2.34. The molecule has 7 nitrogen and oxygen atoms in total. The molecule has 160 valence electrons. The molecule has 1 aliphatic heterocycles. The minimum absolute atomic E-state index is 0.0627. The zero-order valence-corrected chi connectivity index (χ0v) is 18.7. The summed E-state index contributed by atoms with van der Waals surface area (Å²) in [5.74, 6) is 0.646. The van der Waals surface area contributed by atoms with Crippen LogP contribution in [0.2, 0.25) is 5.02 Å². The highest BCUT2D eigenvalue weighted by Gasteiger charge is 2.16. The van der Waals surface area contributed by atoms with Crippen molar-refractivity contribution in [2.24, 2.45) is 4.99 Å². The third kappa shape index (κ3) is 4.32. The number of hydrogen-bond donors (Lipinski definition) is 1. The number of hydrogen-bond acceptors (Lipinski definition) is 8. The van der Waals surface area contributed by atoms with Crippen LogP contribution < -0.4 is 5.32 Å². The van der Waals surface area contributed by atoms with Crippen LogP contribution in [-0.4, -0.2) is 27.4 Å². The van der Waals surface area contributed by atoms with Crippen LogP contribution in [0.5, 0.6) is 0 Å². The summed E-state index contributed by atoms with van der Waals surface area (Å²) in [4.78, 5) is 16.7. The van der Waals surface area contributed by atoms with Gasteiger partial charge in [0.15, 0.2) is 0 Å². The van der Waals surface area contributed by atoms with Gasteiger partial charge in [-0.2, -0.15) is 0 Å². The van der Waals surface area contributed by atoms with Gasteiger partial charge in [0.05, 0.1) is 29.4 Å². The summed E-state index contributed by atoms with van der Waals surface area (Å²) in [7, 11) is 0. The van der Waals surface area contributed by atoms with Crippen LogP contribution >= 0.6 is 22.9 Å². The standard InChI is InChI=1S/C23H18ClN5O2S/c1-13-7-18(31-29-13)10-17(30)9-14-3-2-4-15(8-14)22-27-28-23(32-22)26-20-6-5-16-11-25-12-19(16)21(20)24/h2-8,12H,9-11H2,1H3,(H,26,28). The lowest BCUT2D eigenvalue weighted by Gasteiger charge is -2.08. The smallest absolute Gasteiger partial charge is 0.210 e. The Hall–Kier alpha value is -3.36. The predicted molar refractivity (Wildman–Crippen MR) is 125 cm³/mol. The first-order valence-corrected chi connectivity index (χ1v) is 11.2. The SMILES string of the molecule is Cc1cc(CC(=O)Cc2cccc(-c3nnc(Nc4ccc5c(c4Cl)C=NC5)s3)c2)on1. The van der Waals surface area contributed by atoms with Gasteiger partial charge in [0.2, 0.25) is 5.13 Å². The molecule has 2 aromatic carbocycles. The molecular weight excluding hydrogens is 446 g/mol. The number of nitrogens with one attached hydrogen (secondary N) is 1. The van der Waals surface area contributed by atoms with Gasteiger partial charge in [-0.1, -0.05) is 52.4 Å². The Morgan fingerprint density at radius 1 is 1.19 bits per heavy atom. The Kier molecular flexibility index (Phi) is 5.55. The summed E-state index contributed by atoms with van der Waals surface area (Å²) in [6.07, 6.45) is 2.33. The molecule has 1 aliphatic rings. The van der Waals surface area contributed by atoms with Crippen molar-refractivity contribution in [1.82, 2.24) is 15.4 Å². The van der Waals surface area contributed by atoms with E-state index in [9.17, 15) is 4.79 Å². The van der Waals surface area contributed by atoms with Crippen molar-refractivity contribution < 1.29 is 9.32 Å². The van der Waals surface area contributed by atoms with Gasteiger partial charge in [0.1, 0.15) is 16.6 Å². The summed E-state index contributed by atoms with van der Waals surface area (Å²) in [5, 5.41) is 17.6. The summed E-state index contributed by atoms with van der Waals surface area (Å²) in [5.41, 5.74) is 5.41. The molecule has 0 amide bonds. The van der Waals surface area contributed by atoms with E-state index in [1.165, 1.54) is 11.3 Å². The molecule has 0 saturated carbocycles. The molecule has 4 aromatic rings. The number of Topliss-reactive ketones (excluding diaryl/α,β-unsaturated/α-hetero) is 1. The van der Waals surface area contributed by atoms with Crippen LogP contribution in [0.1, 0.15) is 28.1 Å².